The second kappa shape index (κ2) is 7.84. The van der Waals surface area contributed by atoms with Gasteiger partial charge >= 0.3 is 0 Å². The number of rotatable bonds is 6. The fourth-order valence-electron chi connectivity index (χ4n) is 4.15. The number of fused-ring (bicyclic) bond motifs is 1. The number of carbonyl (C=O) groups excluding carboxylic acids is 1. The van der Waals surface area contributed by atoms with Gasteiger partial charge in [-0.05, 0) is 55.2 Å². The number of ether oxygens (including phenoxy) is 1. The monoisotopic (exact) mass is 407 g/mol. The van der Waals surface area contributed by atoms with Crippen molar-refractivity contribution in [2.24, 2.45) is 0 Å². The summed E-state index contributed by atoms with van der Waals surface area (Å²) >= 11 is 0. The van der Waals surface area contributed by atoms with Gasteiger partial charge in [-0.1, -0.05) is 18.2 Å². The number of aromatic amines is 1. The van der Waals surface area contributed by atoms with Crippen LogP contribution in [0.25, 0.3) is 11.3 Å². The van der Waals surface area contributed by atoms with Gasteiger partial charge in [0.2, 0.25) is 0 Å². The summed E-state index contributed by atoms with van der Waals surface area (Å²) in [6.45, 7) is 4.21. The van der Waals surface area contributed by atoms with Gasteiger partial charge in [0.05, 0.1) is 13.2 Å². The molecule has 0 fully saturated rings. The number of carbonyl (C=O) groups is 1. The third-order valence-electron chi connectivity index (χ3n) is 5.55. The number of aromatic nitrogens is 2. The Hall–Kier alpha value is -3.32. The van der Waals surface area contributed by atoms with E-state index < -0.39 is 0 Å². The van der Waals surface area contributed by atoms with Crippen LogP contribution in [0.15, 0.2) is 36.4 Å². The minimum atomic E-state index is -0.376. The Morgan fingerprint density at radius 1 is 1.20 bits per heavy atom. The number of hydrogen-bond donors (Lipinski definition) is 3. The summed E-state index contributed by atoms with van der Waals surface area (Å²) in [5.74, 6) is 0.719. The first-order chi connectivity index (χ1) is 14.5. The number of benzene rings is 2. The van der Waals surface area contributed by atoms with E-state index in [1.807, 2.05) is 50.2 Å². The van der Waals surface area contributed by atoms with Crippen LogP contribution in [0.2, 0.25) is 0 Å². The number of aliphatic hydroxyl groups is 1. The lowest BCUT2D eigenvalue weighted by Gasteiger charge is -2.26. The molecule has 7 nitrogen and oxygen atoms in total. The number of amides is 1. The zero-order chi connectivity index (χ0) is 21.4. The molecule has 4 rings (SSSR count). The predicted molar refractivity (Wildman–Crippen MR) is 113 cm³/mol. The number of aryl methyl sites for hydroxylation is 2. The summed E-state index contributed by atoms with van der Waals surface area (Å²) in [6.07, 6.45) is 0.472. The van der Waals surface area contributed by atoms with E-state index in [2.05, 4.69) is 10.2 Å². The Labute approximate surface area is 174 Å². The maximum Gasteiger partial charge on any atom is 0.273 e. The standard InChI is InChI=1S/C23H25N3O4/c1-13-11-14(2)22(28)17(12-13)19-18-20(25-24-19)23(29)26(9-4-10-27)21(18)15-5-7-16(30-3)8-6-15/h5-8,11-12,21,27-28H,4,9-10H2,1-3H3,(H,24,25). The van der Waals surface area contributed by atoms with Gasteiger partial charge in [0, 0.05) is 24.3 Å². The number of phenols is 1. The van der Waals surface area contributed by atoms with Crippen LogP contribution in [0, 0.1) is 13.8 Å². The molecule has 1 atom stereocenters. The molecule has 1 aliphatic rings. The van der Waals surface area contributed by atoms with Crippen LogP contribution >= 0.6 is 0 Å². The fourth-order valence-corrected chi connectivity index (χ4v) is 4.15. The molecule has 2 heterocycles. The number of phenolic OH excluding ortho intramolecular Hbond substituents is 1. The molecule has 2 aromatic carbocycles. The molecule has 7 heteroatoms. The molecule has 1 unspecified atom stereocenters. The summed E-state index contributed by atoms with van der Waals surface area (Å²) < 4.78 is 5.27. The number of methoxy groups -OCH3 is 1. The van der Waals surface area contributed by atoms with Crippen molar-refractivity contribution in [2.75, 3.05) is 20.3 Å². The third-order valence-corrected chi connectivity index (χ3v) is 5.55. The van der Waals surface area contributed by atoms with Crippen molar-refractivity contribution in [3.05, 3.63) is 64.3 Å². The lowest BCUT2D eigenvalue weighted by atomic mass is 9.94. The van der Waals surface area contributed by atoms with E-state index in [4.69, 9.17) is 4.74 Å². The maximum absolute atomic E-state index is 13.2. The minimum Gasteiger partial charge on any atom is -0.507 e. The predicted octanol–water partition coefficient (Wildman–Crippen LogP) is 3.34. The largest absolute Gasteiger partial charge is 0.507 e. The molecular weight excluding hydrogens is 382 g/mol. The van der Waals surface area contributed by atoms with Crippen molar-refractivity contribution < 1.29 is 19.7 Å². The van der Waals surface area contributed by atoms with Crippen molar-refractivity contribution in [1.82, 2.24) is 15.1 Å². The van der Waals surface area contributed by atoms with Gasteiger partial charge in [-0.25, -0.2) is 0 Å². The average Bonchev–Trinajstić information content (AvgIpc) is 3.28. The summed E-state index contributed by atoms with van der Waals surface area (Å²) in [5.41, 5.74) is 4.98. The summed E-state index contributed by atoms with van der Waals surface area (Å²) in [6, 6.07) is 11.0. The van der Waals surface area contributed by atoms with Crippen molar-refractivity contribution >= 4 is 5.91 Å². The number of hydrogen-bond acceptors (Lipinski definition) is 5. The molecule has 1 amide bonds. The van der Waals surface area contributed by atoms with Gasteiger partial charge in [0.1, 0.15) is 22.9 Å². The third kappa shape index (κ3) is 3.21. The van der Waals surface area contributed by atoms with Gasteiger partial charge in [-0.2, -0.15) is 5.10 Å². The van der Waals surface area contributed by atoms with Gasteiger partial charge < -0.3 is 19.8 Å². The molecule has 3 aromatic rings. The lowest BCUT2D eigenvalue weighted by molar-refractivity contribution is 0.0732. The van der Waals surface area contributed by atoms with Crippen LogP contribution in [-0.2, 0) is 0 Å². The van der Waals surface area contributed by atoms with Crippen LogP contribution in [0.3, 0.4) is 0 Å². The van der Waals surface area contributed by atoms with Crippen molar-refractivity contribution in [3.63, 3.8) is 0 Å². The van der Waals surface area contributed by atoms with Crippen LogP contribution < -0.4 is 4.74 Å². The molecule has 0 spiro atoms. The van der Waals surface area contributed by atoms with Crippen LogP contribution in [0.4, 0.5) is 0 Å². The van der Waals surface area contributed by atoms with Crippen LogP contribution in [-0.4, -0.2) is 51.5 Å². The Morgan fingerprint density at radius 2 is 1.93 bits per heavy atom. The quantitative estimate of drug-likeness (QED) is 0.582. The lowest BCUT2D eigenvalue weighted by Crippen LogP contribution is -2.31. The second-order valence-electron chi connectivity index (χ2n) is 7.59. The summed E-state index contributed by atoms with van der Waals surface area (Å²) in [5, 5.41) is 27.4. The van der Waals surface area contributed by atoms with Gasteiger partial charge in [-0.3, -0.25) is 9.89 Å². The molecule has 30 heavy (non-hydrogen) atoms. The van der Waals surface area contributed by atoms with Crippen molar-refractivity contribution in [1.29, 1.82) is 0 Å². The number of nitrogens with zero attached hydrogens (tertiary/aromatic N) is 2. The molecule has 1 aliphatic heterocycles. The Balaban J connectivity index is 1.89. The van der Waals surface area contributed by atoms with E-state index in [0.717, 1.165) is 28.0 Å². The molecular formula is C23H25N3O4. The Kier molecular flexibility index (Phi) is 5.22. The molecule has 0 saturated carbocycles. The topological polar surface area (TPSA) is 98.7 Å². The van der Waals surface area contributed by atoms with Gasteiger partial charge in [-0.15, -0.1) is 0 Å². The van der Waals surface area contributed by atoms with Gasteiger partial charge in [0.15, 0.2) is 0 Å². The highest BCUT2D eigenvalue weighted by molar-refractivity contribution is 6.00. The Morgan fingerprint density at radius 3 is 2.60 bits per heavy atom. The smallest absolute Gasteiger partial charge is 0.273 e. The van der Waals surface area contributed by atoms with E-state index >= 15 is 0 Å². The number of nitrogens with one attached hydrogen (secondary N) is 1. The van der Waals surface area contributed by atoms with E-state index in [1.165, 1.54) is 0 Å². The molecule has 0 radical (unpaired) electrons. The van der Waals surface area contributed by atoms with Crippen LogP contribution in [0.1, 0.15) is 45.2 Å². The van der Waals surface area contributed by atoms with E-state index in [0.29, 0.717) is 29.9 Å². The SMILES string of the molecule is COc1ccc(C2c3c(-c4cc(C)cc(C)c4O)n[nH]c3C(=O)N2CCCO)cc1. The first kappa shape index (κ1) is 20.0. The summed E-state index contributed by atoms with van der Waals surface area (Å²) in [4.78, 5) is 14.9. The van der Waals surface area contributed by atoms with Gasteiger partial charge in [0.25, 0.3) is 5.91 Å². The average molecular weight is 407 g/mol. The molecule has 0 bridgehead atoms. The van der Waals surface area contributed by atoms with Crippen molar-refractivity contribution in [3.8, 4) is 22.8 Å². The zero-order valence-corrected chi connectivity index (χ0v) is 17.3. The number of aromatic hydroxyl groups is 1. The minimum absolute atomic E-state index is 0.00395. The molecule has 3 N–H and O–H groups in total. The second-order valence-corrected chi connectivity index (χ2v) is 7.59. The highest BCUT2D eigenvalue weighted by Crippen LogP contribution is 2.45. The normalized spacial score (nSPS) is 15.5. The van der Waals surface area contributed by atoms with E-state index in [1.54, 1.807) is 12.0 Å². The van der Waals surface area contributed by atoms with Crippen LogP contribution in [0.5, 0.6) is 11.5 Å². The fraction of sp³-hybridized carbons (Fsp3) is 0.304. The highest BCUT2D eigenvalue weighted by atomic mass is 16.5. The molecule has 1 aromatic heterocycles. The molecule has 156 valence electrons. The first-order valence-corrected chi connectivity index (χ1v) is 9.90. The van der Waals surface area contributed by atoms with E-state index in [9.17, 15) is 15.0 Å². The highest BCUT2D eigenvalue weighted by Gasteiger charge is 2.42. The number of aliphatic hydroxyl groups excluding tert-OH is 1. The Bertz CT molecular complexity index is 1090. The van der Waals surface area contributed by atoms with E-state index in [-0.39, 0.29) is 24.3 Å². The maximum atomic E-state index is 13.2. The first-order valence-electron chi connectivity index (χ1n) is 9.90. The zero-order valence-electron chi connectivity index (χ0n) is 17.3. The van der Waals surface area contributed by atoms with Crippen molar-refractivity contribution in [2.45, 2.75) is 26.3 Å². The molecule has 0 aliphatic carbocycles. The number of H-pyrrole nitrogens is 1. The summed E-state index contributed by atoms with van der Waals surface area (Å²) in [7, 11) is 1.61. The molecule has 0 saturated heterocycles.